The average Bonchev–Trinajstić information content (AvgIpc) is 2.78. The Morgan fingerprint density at radius 1 is 1.17 bits per heavy atom. The van der Waals surface area contributed by atoms with Crippen molar-refractivity contribution in [1.82, 2.24) is 14.1 Å². The minimum absolute atomic E-state index is 0.122. The van der Waals surface area contributed by atoms with Crippen molar-refractivity contribution in [1.29, 1.82) is 0 Å². The summed E-state index contributed by atoms with van der Waals surface area (Å²) in [6, 6.07) is 11.3. The number of hydrogen-bond donors (Lipinski definition) is 0. The number of benzene rings is 2. The van der Waals surface area contributed by atoms with E-state index in [0.29, 0.717) is 48.2 Å². The number of rotatable bonds is 8. The fourth-order valence-corrected chi connectivity index (χ4v) is 6.14. The molecule has 1 amide bonds. The Morgan fingerprint density at radius 3 is 2.49 bits per heavy atom. The van der Waals surface area contributed by atoms with E-state index in [1.807, 2.05) is 19.9 Å². The molecule has 2 aromatic carbocycles. The summed E-state index contributed by atoms with van der Waals surface area (Å²) in [7, 11) is -1.55. The lowest BCUT2D eigenvalue weighted by Crippen LogP contribution is -2.54. The zero-order valence-corrected chi connectivity index (χ0v) is 22.8. The number of carbonyl (C=O) groups excluding carboxylic acids is 1. The van der Waals surface area contributed by atoms with Gasteiger partial charge in [-0.1, -0.05) is 41.4 Å². The molecule has 1 fully saturated rings. The van der Waals surface area contributed by atoms with Gasteiger partial charge < -0.3 is 9.80 Å². The minimum Gasteiger partial charge on any atom is -0.341 e. The molecule has 1 unspecified atom stereocenters. The summed E-state index contributed by atoms with van der Waals surface area (Å²) >= 11 is 12.4. The lowest BCUT2D eigenvalue weighted by Gasteiger charge is -2.40. The van der Waals surface area contributed by atoms with Crippen LogP contribution in [0.5, 0.6) is 0 Å². The third-order valence-corrected chi connectivity index (χ3v) is 8.82. The highest BCUT2D eigenvalue weighted by atomic mass is 35.5. The van der Waals surface area contributed by atoms with Crippen LogP contribution < -0.4 is 0 Å². The third kappa shape index (κ3) is 6.74. The molecule has 6 nitrogen and oxygen atoms in total. The fourth-order valence-electron chi connectivity index (χ4n) is 4.71. The summed E-state index contributed by atoms with van der Waals surface area (Å²) in [5, 5.41) is 0.774. The standard InChI is InChI=1S/C25H32Cl2FN3O3S/c1-18-16-30(12-13-31(18)35(4,33)34)11-10-25(2,20-8-9-22(26)23(27)15-20)24(32)29(3)17-19-6-5-7-21(28)14-19/h5-9,14-15,18H,10-13,16-17H2,1-4H3/t18-,25?/m0/s1. The van der Waals surface area contributed by atoms with Crippen LogP contribution >= 0.6 is 23.2 Å². The van der Waals surface area contributed by atoms with Crippen molar-refractivity contribution in [3.63, 3.8) is 0 Å². The molecule has 1 aliphatic heterocycles. The summed E-state index contributed by atoms with van der Waals surface area (Å²) in [6.45, 7) is 6.21. The van der Waals surface area contributed by atoms with Crippen molar-refractivity contribution < 1.29 is 17.6 Å². The maximum Gasteiger partial charge on any atom is 0.233 e. The van der Waals surface area contributed by atoms with Gasteiger partial charge in [0.15, 0.2) is 0 Å². The van der Waals surface area contributed by atoms with Crippen LogP contribution in [-0.2, 0) is 26.8 Å². The number of likely N-dealkylation sites (N-methyl/N-ethyl adjacent to an activating group) is 1. The zero-order valence-electron chi connectivity index (χ0n) is 20.5. The first-order valence-electron chi connectivity index (χ1n) is 11.5. The minimum atomic E-state index is -3.26. The summed E-state index contributed by atoms with van der Waals surface area (Å²) in [5.41, 5.74) is 0.516. The largest absolute Gasteiger partial charge is 0.341 e. The first kappa shape index (κ1) is 27.9. The van der Waals surface area contributed by atoms with Crippen LogP contribution in [0.4, 0.5) is 4.39 Å². The Bertz CT molecular complexity index is 1180. The van der Waals surface area contributed by atoms with Crippen molar-refractivity contribution in [2.45, 2.75) is 38.3 Å². The van der Waals surface area contributed by atoms with Gasteiger partial charge in [-0.2, -0.15) is 4.31 Å². The normalized spacial score (nSPS) is 19.3. The molecular formula is C25H32Cl2FN3O3S. The SMILES string of the molecule is C[C@H]1CN(CCC(C)(C(=O)N(C)Cc2cccc(F)c2)c2ccc(Cl)c(Cl)c2)CCN1S(C)(=O)=O. The van der Waals surface area contributed by atoms with Gasteiger partial charge >= 0.3 is 0 Å². The number of nitrogens with zero attached hydrogens (tertiary/aromatic N) is 3. The van der Waals surface area contributed by atoms with Crippen molar-refractivity contribution in [2.24, 2.45) is 0 Å². The first-order chi connectivity index (χ1) is 16.3. The van der Waals surface area contributed by atoms with Gasteiger partial charge in [0.25, 0.3) is 0 Å². The molecule has 1 saturated heterocycles. The van der Waals surface area contributed by atoms with Gasteiger partial charge in [-0.25, -0.2) is 12.8 Å². The van der Waals surface area contributed by atoms with Crippen molar-refractivity contribution in [2.75, 3.05) is 39.5 Å². The molecule has 0 aromatic heterocycles. The van der Waals surface area contributed by atoms with E-state index in [9.17, 15) is 17.6 Å². The molecule has 2 atom stereocenters. The molecule has 0 aliphatic carbocycles. The van der Waals surface area contributed by atoms with Crippen molar-refractivity contribution in [3.05, 3.63) is 69.5 Å². The van der Waals surface area contributed by atoms with Crippen LogP contribution in [-0.4, -0.2) is 74.0 Å². The van der Waals surface area contributed by atoms with E-state index in [1.165, 1.54) is 22.7 Å². The second kappa shape index (κ2) is 11.1. The predicted molar refractivity (Wildman–Crippen MR) is 139 cm³/mol. The van der Waals surface area contributed by atoms with Gasteiger partial charge in [-0.15, -0.1) is 0 Å². The summed E-state index contributed by atoms with van der Waals surface area (Å²) in [5.74, 6) is -0.471. The molecule has 0 N–H and O–H groups in total. The molecule has 35 heavy (non-hydrogen) atoms. The second-order valence-corrected chi connectivity index (χ2v) is 12.3. The van der Waals surface area contributed by atoms with Crippen LogP contribution in [0.3, 0.4) is 0 Å². The van der Waals surface area contributed by atoms with Gasteiger partial charge in [-0.3, -0.25) is 4.79 Å². The van der Waals surface area contributed by atoms with E-state index in [4.69, 9.17) is 23.2 Å². The van der Waals surface area contributed by atoms with E-state index < -0.39 is 15.4 Å². The first-order valence-corrected chi connectivity index (χ1v) is 14.1. The number of sulfonamides is 1. The number of halogens is 3. The van der Waals surface area contributed by atoms with E-state index in [0.717, 1.165) is 5.56 Å². The third-order valence-electron chi connectivity index (χ3n) is 6.69. The summed E-state index contributed by atoms with van der Waals surface area (Å²) < 4.78 is 39.2. The van der Waals surface area contributed by atoms with Gasteiger partial charge in [0.05, 0.1) is 21.7 Å². The van der Waals surface area contributed by atoms with Gasteiger partial charge in [-0.05, 0) is 62.2 Å². The molecule has 3 rings (SSSR count). The Labute approximate surface area is 217 Å². The van der Waals surface area contributed by atoms with Crippen LogP contribution in [0.15, 0.2) is 42.5 Å². The van der Waals surface area contributed by atoms with Crippen LogP contribution in [0.2, 0.25) is 10.0 Å². The number of piperazine rings is 1. The van der Waals surface area contributed by atoms with E-state index in [-0.39, 0.29) is 24.3 Å². The predicted octanol–water partition coefficient (Wildman–Crippen LogP) is 4.40. The summed E-state index contributed by atoms with van der Waals surface area (Å²) in [4.78, 5) is 17.6. The second-order valence-electron chi connectivity index (χ2n) is 9.53. The Kier molecular flexibility index (Phi) is 8.86. The Hall–Kier alpha value is -1.71. The van der Waals surface area contributed by atoms with E-state index >= 15 is 0 Å². The molecule has 192 valence electrons. The maximum atomic E-state index is 13.8. The van der Waals surface area contributed by atoms with Crippen molar-refractivity contribution in [3.8, 4) is 0 Å². The molecular weight excluding hydrogens is 512 g/mol. The van der Waals surface area contributed by atoms with Crippen LogP contribution in [0.1, 0.15) is 31.4 Å². The van der Waals surface area contributed by atoms with Crippen molar-refractivity contribution >= 4 is 39.1 Å². The molecule has 1 heterocycles. The lowest BCUT2D eigenvalue weighted by atomic mass is 9.77. The lowest BCUT2D eigenvalue weighted by molar-refractivity contribution is -0.136. The fraction of sp³-hybridized carbons (Fsp3) is 0.480. The Morgan fingerprint density at radius 2 is 1.89 bits per heavy atom. The molecule has 0 saturated carbocycles. The van der Waals surface area contributed by atoms with Gasteiger partial charge in [0, 0.05) is 39.3 Å². The van der Waals surface area contributed by atoms with Gasteiger partial charge in [0.2, 0.25) is 15.9 Å². The van der Waals surface area contributed by atoms with E-state index in [1.54, 1.807) is 36.2 Å². The number of hydrogen-bond acceptors (Lipinski definition) is 4. The molecule has 10 heteroatoms. The van der Waals surface area contributed by atoms with Crippen LogP contribution in [0.25, 0.3) is 0 Å². The van der Waals surface area contributed by atoms with Crippen LogP contribution in [0, 0.1) is 5.82 Å². The zero-order chi connectivity index (χ0) is 26.0. The average molecular weight is 545 g/mol. The topological polar surface area (TPSA) is 60.9 Å². The maximum absolute atomic E-state index is 13.8. The molecule has 0 radical (unpaired) electrons. The monoisotopic (exact) mass is 543 g/mol. The highest BCUT2D eigenvalue weighted by molar-refractivity contribution is 7.88. The quantitative estimate of drug-likeness (QED) is 0.494. The molecule has 1 aliphatic rings. The van der Waals surface area contributed by atoms with E-state index in [2.05, 4.69) is 4.90 Å². The highest BCUT2D eigenvalue weighted by Gasteiger charge is 2.39. The number of carbonyl (C=O) groups is 1. The highest BCUT2D eigenvalue weighted by Crippen LogP contribution is 2.35. The smallest absolute Gasteiger partial charge is 0.233 e. The van der Waals surface area contributed by atoms with Gasteiger partial charge in [0.1, 0.15) is 5.82 Å². The molecule has 0 spiro atoms. The summed E-state index contributed by atoms with van der Waals surface area (Å²) in [6.07, 6.45) is 1.72. The Balaban J connectivity index is 1.82. The molecule has 0 bridgehead atoms. The molecule has 2 aromatic rings. The number of amides is 1.